The molecule has 0 aliphatic carbocycles. The Bertz CT molecular complexity index is 973. The normalized spacial score (nSPS) is 11.9. The SMILES string of the molecule is O=C(O)/C=N/OC[C@@H](O)COC(=O)c1ccc(F)c(F)c1Nc1ccc(I)cc1F. The molecule has 0 saturated heterocycles. The first kappa shape index (κ1) is 23.4. The Kier molecular flexibility index (Phi) is 8.41. The van der Waals surface area contributed by atoms with Crippen LogP contribution in [0.3, 0.4) is 0 Å². The van der Waals surface area contributed by atoms with Crippen LogP contribution in [-0.2, 0) is 14.4 Å². The highest BCUT2D eigenvalue weighted by Crippen LogP contribution is 2.29. The first-order chi connectivity index (χ1) is 14.2. The van der Waals surface area contributed by atoms with E-state index in [0.717, 1.165) is 12.1 Å². The number of carboxylic acid groups (broad SMARTS) is 1. The molecule has 8 nitrogen and oxygen atoms in total. The average molecular weight is 538 g/mol. The van der Waals surface area contributed by atoms with Crippen LogP contribution in [0.15, 0.2) is 35.5 Å². The van der Waals surface area contributed by atoms with Crippen molar-refractivity contribution in [2.24, 2.45) is 5.16 Å². The minimum Gasteiger partial charge on any atom is -0.477 e. The topological polar surface area (TPSA) is 117 Å². The van der Waals surface area contributed by atoms with Crippen LogP contribution >= 0.6 is 22.6 Å². The summed E-state index contributed by atoms with van der Waals surface area (Å²) in [4.78, 5) is 27.0. The second-order valence-electron chi connectivity index (χ2n) is 5.65. The van der Waals surface area contributed by atoms with Gasteiger partial charge in [-0.1, -0.05) is 5.16 Å². The van der Waals surface area contributed by atoms with E-state index in [1.165, 1.54) is 12.1 Å². The second kappa shape index (κ2) is 10.8. The zero-order valence-electron chi connectivity index (χ0n) is 14.9. The van der Waals surface area contributed by atoms with E-state index in [4.69, 9.17) is 9.84 Å². The number of carbonyl (C=O) groups excluding carboxylic acids is 1. The molecule has 0 aliphatic heterocycles. The summed E-state index contributed by atoms with van der Waals surface area (Å²) < 4.78 is 47.4. The highest BCUT2D eigenvalue weighted by molar-refractivity contribution is 14.1. The maximum Gasteiger partial charge on any atom is 0.350 e. The number of carboxylic acids is 1. The number of aliphatic carboxylic acids is 1. The van der Waals surface area contributed by atoms with Crippen molar-refractivity contribution in [3.05, 3.63) is 56.9 Å². The van der Waals surface area contributed by atoms with Gasteiger partial charge in [-0.25, -0.2) is 22.8 Å². The van der Waals surface area contributed by atoms with Gasteiger partial charge in [-0.15, -0.1) is 0 Å². The Morgan fingerprint density at radius 2 is 1.90 bits per heavy atom. The van der Waals surface area contributed by atoms with Crippen LogP contribution in [0.2, 0.25) is 0 Å². The number of esters is 1. The Hall–Kier alpha value is -2.87. The fraction of sp³-hybridized carbons (Fsp3) is 0.167. The lowest BCUT2D eigenvalue weighted by molar-refractivity contribution is -0.129. The van der Waals surface area contributed by atoms with E-state index in [1.807, 2.05) is 22.6 Å². The molecule has 2 aromatic rings. The number of halogens is 4. The molecule has 12 heteroatoms. The number of nitrogens with zero attached hydrogens (tertiary/aromatic N) is 1. The first-order valence-electron chi connectivity index (χ1n) is 8.12. The monoisotopic (exact) mass is 538 g/mol. The molecule has 3 N–H and O–H groups in total. The minimum atomic E-state index is -1.42. The summed E-state index contributed by atoms with van der Waals surface area (Å²) in [5.74, 6) is -5.94. The quantitative estimate of drug-likeness (QED) is 0.195. The summed E-state index contributed by atoms with van der Waals surface area (Å²) in [6.45, 7) is -1.11. The van der Waals surface area contributed by atoms with Crippen LogP contribution in [0.5, 0.6) is 0 Å². The Morgan fingerprint density at radius 1 is 1.17 bits per heavy atom. The molecule has 0 fully saturated rings. The largest absolute Gasteiger partial charge is 0.477 e. The van der Waals surface area contributed by atoms with Crippen LogP contribution in [0, 0.1) is 21.0 Å². The smallest absolute Gasteiger partial charge is 0.350 e. The van der Waals surface area contributed by atoms with Gasteiger partial charge in [0.1, 0.15) is 25.1 Å². The summed E-state index contributed by atoms with van der Waals surface area (Å²) in [6, 6.07) is 5.59. The number of nitrogens with one attached hydrogen (secondary N) is 1. The van der Waals surface area contributed by atoms with E-state index >= 15 is 0 Å². The number of carbonyl (C=O) groups is 2. The van der Waals surface area contributed by atoms with Crippen LogP contribution in [-0.4, -0.2) is 47.7 Å². The lowest BCUT2D eigenvalue weighted by Gasteiger charge is -2.15. The van der Waals surface area contributed by atoms with E-state index in [1.54, 1.807) is 0 Å². The van der Waals surface area contributed by atoms with Crippen LogP contribution in [0.1, 0.15) is 10.4 Å². The minimum absolute atomic E-state index is 0.196. The number of ether oxygens (including phenoxy) is 1. The Balaban J connectivity index is 2.12. The average Bonchev–Trinajstić information content (AvgIpc) is 2.68. The molecule has 0 saturated carbocycles. The van der Waals surface area contributed by atoms with Gasteiger partial charge in [0.15, 0.2) is 17.8 Å². The molecule has 1 atom stereocenters. The van der Waals surface area contributed by atoms with E-state index < -0.39 is 60.0 Å². The number of hydrogen-bond acceptors (Lipinski definition) is 7. The molecule has 0 unspecified atom stereocenters. The number of anilines is 2. The van der Waals surface area contributed by atoms with Crippen molar-refractivity contribution in [1.29, 1.82) is 0 Å². The van der Waals surface area contributed by atoms with E-state index in [0.29, 0.717) is 15.9 Å². The lowest BCUT2D eigenvalue weighted by Crippen LogP contribution is -2.23. The maximum atomic E-state index is 14.3. The van der Waals surface area contributed by atoms with Crippen LogP contribution < -0.4 is 5.32 Å². The van der Waals surface area contributed by atoms with Gasteiger partial charge in [-0.05, 0) is 52.9 Å². The number of aliphatic hydroxyl groups is 1. The van der Waals surface area contributed by atoms with Gasteiger partial charge in [0.25, 0.3) is 0 Å². The fourth-order valence-electron chi connectivity index (χ4n) is 2.08. The molecule has 2 aromatic carbocycles. The predicted molar refractivity (Wildman–Crippen MR) is 107 cm³/mol. The van der Waals surface area contributed by atoms with E-state index in [2.05, 4.69) is 15.3 Å². The van der Waals surface area contributed by atoms with Crippen molar-refractivity contribution in [3.8, 4) is 0 Å². The van der Waals surface area contributed by atoms with Crippen molar-refractivity contribution >= 4 is 52.1 Å². The van der Waals surface area contributed by atoms with Crippen molar-refractivity contribution < 1.29 is 42.5 Å². The molecule has 160 valence electrons. The summed E-state index contributed by atoms with van der Waals surface area (Å²) >= 11 is 1.87. The third kappa shape index (κ3) is 6.59. The van der Waals surface area contributed by atoms with Crippen molar-refractivity contribution in [1.82, 2.24) is 0 Å². The molecule has 0 amide bonds. The molecular formula is C18H14F3IN2O6. The summed E-state index contributed by atoms with van der Waals surface area (Å²) in [7, 11) is 0. The summed E-state index contributed by atoms with van der Waals surface area (Å²) in [5.41, 5.74) is -1.28. The third-order valence-corrected chi connectivity index (χ3v) is 4.09. The predicted octanol–water partition coefficient (Wildman–Crippen LogP) is 3.06. The van der Waals surface area contributed by atoms with E-state index in [9.17, 15) is 27.9 Å². The molecule has 0 aliphatic rings. The summed E-state index contributed by atoms with van der Waals surface area (Å²) in [6.07, 6.45) is -0.933. The van der Waals surface area contributed by atoms with E-state index in [-0.39, 0.29) is 5.69 Å². The molecule has 30 heavy (non-hydrogen) atoms. The standard InChI is InChI=1S/C18H14F3IN2O6/c19-12-3-2-11(18(28)29-7-10(25)8-30-23-6-15(26)27)17(16(12)21)24-14-4-1-9(22)5-13(14)20/h1-6,10,24-25H,7-8H2,(H,26,27)/b23-6+/t10-/m0/s1. The van der Waals surface area contributed by atoms with Gasteiger partial charge in [-0.2, -0.15) is 0 Å². The molecular weight excluding hydrogens is 524 g/mol. The molecule has 0 heterocycles. The first-order valence-corrected chi connectivity index (χ1v) is 9.20. The fourth-order valence-corrected chi connectivity index (χ4v) is 2.53. The maximum absolute atomic E-state index is 14.3. The zero-order valence-corrected chi connectivity index (χ0v) is 17.1. The molecule has 0 aromatic heterocycles. The number of hydrogen-bond donors (Lipinski definition) is 3. The summed E-state index contributed by atoms with van der Waals surface area (Å²) in [5, 5.41) is 23.4. The number of oxime groups is 1. The molecule has 0 radical (unpaired) electrons. The van der Waals surface area contributed by atoms with Gasteiger partial charge < -0.3 is 25.1 Å². The van der Waals surface area contributed by atoms with Gasteiger partial charge >= 0.3 is 11.9 Å². The van der Waals surface area contributed by atoms with Gasteiger partial charge in [0.05, 0.1) is 16.9 Å². The van der Waals surface area contributed by atoms with Gasteiger partial charge in [-0.3, -0.25) is 0 Å². The highest BCUT2D eigenvalue weighted by Gasteiger charge is 2.22. The Morgan fingerprint density at radius 3 is 2.57 bits per heavy atom. The Labute approximate surface area is 181 Å². The number of rotatable bonds is 9. The highest BCUT2D eigenvalue weighted by atomic mass is 127. The van der Waals surface area contributed by atoms with Gasteiger partial charge in [0, 0.05) is 3.57 Å². The van der Waals surface area contributed by atoms with Crippen molar-refractivity contribution in [2.45, 2.75) is 6.10 Å². The number of benzene rings is 2. The molecule has 0 spiro atoms. The molecule has 0 bridgehead atoms. The second-order valence-corrected chi connectivity index (χ2v) is 6.90. The van der Waals surface area contributed by atoms with Crippen molar-refractivity contribution in [2.75, 3.05) is 18.5 Å². The third-order valence-electron chi connectivity index (χ3n) is 3.42. The number of aliphatic hydroxyl groups excluding tert-OH is 1. The van der Waals surface area contributed by atoms with Crippen molar-refractivity contribution in [3.63, 3.8) is 0 Å². The van der Waals surface area contributed by atoms with Gasteiger partial charge in [0.2, 0.25) is 0 Å². The van der Waals surface area contributed by atoms with Crippen LogP contribution in [0.4, 0.5) is 24.5 Å². The van der Waals surface area contributed by atoms with Crippen LogP contribution in [0.25, 0.3) is 0 Å². The zero-order chi connectivity index (χ0) is 22.3. The lowest BCUT2D eigenvalue weighted by atomic mass is 10.1. The molecule has 2 rings (SSSR count).